The van der Waals surface area contributed by atoms with Crippen LogP contribution in [0.5, 0.6) is 11.5 Å². The molecule has 0 aromatic heterocycles. The van der Waals surface area contributed by atoms with E-state index in [0.29, 0.717) is 5.11 Å². The van der Waals surface area contributed by atoms with E-state index in [2.05, 4.69) is 22.8 Å². The van der Waals surface area contributed by atoms with Crippen molar-refractivity contribution >= 4 is 29.2 Å². The highest BCUT2D eigenvalue weighted by molar-refractivity contribution is 7.80. The van der Waals surface area contributed by atoms with Crippen molar-refractivity contribution in [3.63, 3.8) is 0 Å². The Morgan fingerprint density at radius 3 is 2.37 bits per heavy atom. The van der Waals surface area contributed by atoms with Gasteiger partial charge in [0.15, 0.2) is 5.11 Å². The summed E-state index contributed by atoms with van der Waals surface area (Å²) < 4.78 is 10.9. The summed E-state index contributed by atoms with van der Waals surface area (Å²) >= 11 is 5.22. The fourth-order valence-electron chi connectivity index (χ4n) is 2.37. The van der Waals surface area contributed by atoms with Crippen molar-refractivity contribution in [2.75, 3.05) is 19.0 Å². The molecule has 2 aromatic rings. The number of nitrogens with zero attached hydrogens (tertiary/aromatic N) is 1. The number of anilines is 1. The minimum Gasteiger partial charge on any atom is -0.497 e. The molecule has 5 nitrogen and oxygen atoms in total. The Morgan fingerprint density at radius 2 is 1.70 bits per heavy atom. The highest BCUT2D eigenvalue weighted by Gasteiger charge is 1.98. The molecule has 0 bridgehead atoms. The van der Waals surface area contributed by atoms with Crippen LogP contribution in [0.1, 0.15) is 38.2 Å². The Kier molecular flexibility index (Phi) is 9.13. The first-order chi connectivity index (χ1) is 13.2. The maximum absolute atomic E-state index is 5.73. The van der Waals surface area contributed by atoms with Crippen molar-refractivity contribution in [1.29, 1.82) is 0 Å². The number of ether oxygens (including phenoxy) is 2. The fourth-order valence-corrected chi connectivity index (χ4v) is 2.54. The van der Waals surface area contributed by atoms with Gasteiger partial charge in [-0.05, 0) is 72.7 Å². The van der Waals surface area contributed by atoms with Gasteiger partial charge < -0.3 is 14.8 Å². The largest absolute Gasteiger partial charge is 0.497 e. The van der Waals surface area contributed by atoms with E-state index in [0.717, 1.165) is 35.8 Å². The third kappa shape index (κ3) is 8.09. The van der Waals surface area contributed by atoms with E-state index in [4.69, 9.17) is 21.7 Å². The van der Waals surface area contributed by atoms with Crippen LogP contribution >= 0.6 is 12.2 Å². The Morgan fingerprint density at radius 1 is 1.00 bits per heavy atom. The summed E-state index contributed by atoms with van der Waals surface area (Å²) in [6.45, 7) is 2.97. The number of thiocarbonyl (C=S) groups is 1. The molecule has 0 radical (unpaired) electrons. The van der Waals surface area contributed by atoms with Crippen LogP contribution in [-0.2, 0) is 0 Å². The standard InChI is InChI=1S/C21H27N3O2S/c1-3-4-5-6-15-26-20-11-7-17(8-12-20)16-22-24-21(27)23-18-9-13-19(25-2)14-10-18/h7-14,16H,3-6,15H2,1-2H3,(H2,23,24,27)/b22-16+. The van der Waals surface area contributed by atoms with Crippen LogP contribution in [0.15, 0.2) is 53.6 Å². The predicted octanol–water partition coefficient (Wildman–Crippen LogP) is 4.97. The molecule has 2 aromatic carbocycles. The van der Waals surface area contributed by atoms with Gasteiger partial charge in [0.2, 0.25) is 0 Å². The van der Waals surface area contributed by atoms with E-state index in [1.807, 2.05) is 48.5 Å². The summed E-state index contributed by atoms with van der Waals surface area (Å²) in [6, 6.07) is 15.3. The van der Waals surface area contributed by atoms with Gasteiger partial charge in [0.1, 0.15) is 11.5 Å². The van der Waals surface area contributed by atoms with E-state index in [1.54, 1.807) is 13.3 Å². The number of benzene rings is 2. The van der Waals surface area contributed by atoms with Gasteiger partial charge in [-0.3, -0.25) is 5.43 Å². The molecule has 0 amide bonds. The Labute approximate surface area is 166 Å². The SMILES string of the molecule is CCCCCCOc1ccc(/C=N/NC(=S)Nc2ccc(OC)cc2)cc1. The third-order valence-electron chi connectivity index (χ3n) is 3.87. The Balaban J connectivity index is 1.72. The predicted molar refractivity (Wildman–Crippen MR) is 116 cm³/mol. The lowest BCUT2D eigenvalue weighted by atomic mass is 10.2. The lowest BCUT2D eigenvalue weighted by Crippen LogP contribution is -2.23. The molecule has 27 heavy (non-hydrogen) atoms. The van der Waals surface area contributed by atoms with Crippen molar-refractivity contribution in [2.24, 2.45) is 5.10 Å². The average molecular weight is 386 g/mol. The monoisotopic (exact) mass is 385 g/mol. The molecule has 2 rings (SSSR count). The molecule has 0 atom stereocenters. The van der Waals surface area contributed by atoms with E-state index >= 15 is 0 Å². The third-order valence-corrected chi connectivity index (χ3v) is 4.07. The quantitative estimate of drug-likeness (QED) is 0.262. The smallest absolute Gasteiger partial charge is 0.191 e. The molecule has 0 spiro atoms. The highest BCUT2D eigenvalue weighted by atomic mass is 32.1. The molecule has 0 saturated heterocycles. The molecule has 0 fully saturated rings. The molecule has 2 N–H and O–H groups in total. The first kappa shape index (κ1) is 20.7. The molecular weight excluding hydrogens is 358 g/mol. The van der Waals surface area contributed by atoms with Gasteiger partial charge in [0, 0.05) is 5.69 Å². The zero-order chi connectivity index (χ0) is 19.3. The number of nitrogens with one attached hydrogen (secondary N) is 2. The molecule has 144 valence electrons. The summed E-state index contributed by atoms with van der Waals surface area (Å²) in [6.07, 6.45) is 6.53. The molecule has 0 unspecified atom stereocenters. The molecule has 0 saturated carbocycles. The van der Waals surface area contributed by atoms with Gasteiger partial charge in [-0.25, -0.2) is 0 Å². The van der Waals surface area contributed by atoms with E-state index in [-0.39, 0.29) is 0 Å². The number of rotatable bonds is 10. The van der Waals surface area contributed by atoms with Gasteiger partial charge in [-0.1, -0.05) is 26.2 Å². The summed E-state index contributed by atoms with van der Waals surface area (Å²) in [5.41, 5.74) is 4.63. The Hall–Kier alpha value is -2.60. The molecular formula is C21H27N3O2S. The second kappa shape index (κ2) is 11.9. The van der Waals surface area contributed by atoms with Crippen molar-refractivity contribution in [1.82, 2.24) is 5.43 Å². The second-order valence-electron chi connectivity index (χ2n) is 6.03. The molecule has 6 heteroatoms. The zero-order valence-corrected chi connectivity index (χ0v) is 16.7. The van der Waals surface area contributed by atoms with Crippen LogP contribution in [0.25, 0.3) is 0 Å². The molecule has 0 aliphatic carbocycles. The van der Waals surface area contributed by atoms with Gasteiger partial charge in [-0.15, -0.1) is 0 Å². The van der Waals surface area contributed by atoms with Crippen LogP contribution in [0.3, 0.4) is 0 Å². The Bertz CT molecular complexity index is 715. The fraction of sp³-hybridized carbons (Fsp3) is 0.333. The van der Waals surface area contributed by atoms with Crippen LogP contribution < -0.4 is 20.2 Å². The van der Waals surface area contributed by atoms with Crippen molar-refractivity contribution in [3.8, 4) is 11.5 Å². The van der Waals surface area contributed by atoms with Crippen LogP contribution in [0, 0.1) is 0 Å². The number of methoxy groups -OCH3 is 1. The lowest BCUT2D eigenvalue weighted by molar-refractivity contribution is 0.305. The number of hydrazone groups is 1. The first-order valence-corrected chi connectivity index (χ1v) is 9.59. The highest BCUT2D eigenvalue weighted by Crippen LogP contribution is 2.15. The van der Waals surface area contributed by atoms with Crippen LogP contribution in [0.2, 0.25) is 0 Å². The summed E-state index contributed by atoms with van der Waals surface area (Å²) in [5.74, 6) is 1.68. The topological polar surface area (TPSA) is 54.9 Å². The number of hydrogen-bond donors (Lipinski definition) is 2. The lowest BCUT2D eigenvalue weighted by Gasteiger charge is -2.08. The van der Waals surface area contributed by atoms with Gasteiger partial charge in [0.05, 0.1) is 19.9 Å². The normalized spacial score (nSPS) is 10.6. The van der Waals surface area contributed by atoms with Gasteiger partial charge >= 0.3 is 0 Å². The average Bonchev–Trinajstić information content (AvgIpc) is 2.69. The first-order valence-electron chi connectivity index (χ1n) is 9.18. The van der Waals surface area contributed by atoms with E-state index in [9.17, 15) is 0 Å². The van der Waals surface area contributed by atoms with Crippen LogP contribution in [0.4, 0.5) is 5.69 Å². The zero-order valence-electron chi connectivity index (χ0n) is 15.9. The minimum atomic E-state index is 0.420. The molecule has 0 heterocycles. The molecule has 0 aliphatic heterocycles. The summed E-state index contributed by atoms with van der Waals surface area (Å²) in [7, 11) is 1.63. The summed E-state index contributed by atoms with van der Waals surface area (Å²) in [5, 5.41) is 7.63. The number of hydrogen-bond acceptors (Lipinski definition) is 4. The summed E-state index contributed by atoms with van der Waals surface area (Å²) in [4.78, 5) is 0. The van der Waals surface area contributed by atoms with Crippen LogP contribution in [-0.4, -0.2) is 25.0 Å². The minimum absolute atomic E-state index is 0.420. The van der Waals surface area contributed by atoms with Crippen molar-refractivity contribution < 1.29 is 9.47 Å². The maximum atomic E-state index is 5.73. The van der Waals surface area contributed by atoms with Crippen molar-refractivity contribution in [2.45, 2.75) is 32.6 Å². The van der Waals surface area contributed by atoms with Crippen molar-refractivity contribution in [3.05, 3.63) is 54.1 Å². The van der Waals surface area contributed by atoms with Gasteiger partial charge in [-0.2, -0.15) is 5.10 Å². The number of unbranched alkanes of at least 4 members (excludes halogenated alkanes) is 3. The maximum Gasteiger partial charge on any atom is 0.191 e. The van der Waals surface area contributed by atoms with Gasteiger partial charge in [0.25, 0.3) is 0 Å². The van der Waals surface area contributed by atoms with E-state index in [1.165, 1.54) is 19.3 Å². The molecule has 0 aliphatic rings. The van der Waals surface area contributed by atoms with E-state index < -0.39 is 0 Å². The second-order valence-corrected chi connectivity index (χ2v) is 6.44.